The smallest absolute Gasteiger partial charge is 0.871 e. The molecular weight excluding hydrogens is 435 g/mol. The molecule has 27 heavy (non-hydrogen) atoms. The molecule has 1 radical (unpaired) electrons. The number of halogens is 2. The summed E-state index contributed by atoms with van der Waals surface area (Å²) in [7, 11) is 0. The number of hydrogen-bond acceptors (Lipinski definition) is 4. The minimum Gasteiger partial charge on any atom is -0.871 e. The fourth-order valence-corrected chi connectivity index (χ4v) is 3.36. The summed E-state index contributed by atoms with van der Waals surface area (Å²) in [5, 5.41) is 26.3. The number of aryl methyl sites for hydroxylation is 2. The first-order chi connectivity index (χ1) is 12.5. The molecule has 0 fully saturated rings. The van der Waals surface area contributed by atoms with Crippen molar-refractivity contribution in [2.45, 2.75) is 12.8 Å². The van der Waals surface area contributed by atoms with Crippen LogP contribution in [0.3, 0.4) is 0 Å². The maximum atomic E-state index is 12.0. The van der Waals surface area contributed by atoms with Gasteiger partial charge in [0.25, 0.3) is 0 Å². The summed E-state index contributed by atoms with van der Waals surface area (Å²) >= 11 is 12.2. The van der Waals surface area contributed by atoms with E-state index in [2.05, 4.69) is 9.97 Å². The quantitative estimate of drug-likeness (QED) is 0.446. The standard InChI is InChI=1S/C20H14Cl2N2O2.Cu/c21-15-7-9-17(25)19-13(15)5-3-11(23-19)1-2-12-4-6-14-16(22)8-10-18(26)20(14)24-12;/h3-10,25-26H,1-2H2;/q;+2/p-2. The first-order valence-electron chi connectivity index (χ1n) is 8.03. The summed E-state index contributed by atoms with van der Waals surface area (Å²) in [6.07, 6.45) is 1.18. The number of rotatable bonds is 3. The van der Waals surface area contributed by atoms with E-state index < -0.39 is 0 Å². The average molecular weight is 447 g/mol. The van der Waals surface area contributed by atoms with Crippen molar-refractivity contribution in [1.29, 1.82) is 0 Å². The zero-order valence-electron chi connectivity index (χ0n) is 13.8. The van der Waals surface area contributed by atoms with Crippen LogP contribution < -0.4 is 10.2 Å². The van der Waals surface area contributed by atoms with Gasteiger partial charge in [-0.1, -0.05) is 46.8 Å². The Morgan fingerprint density at radius 3 is 1.44 bits per heavy atom. The molecular formula is C20H12Cl2CuN2O2. The van der Waals surface area contributed by atoms with Crippen LogP contribution in [-0.2, 0) is 29.9 Å². The molecule has 2 aromatic heterocycles. The minimum absolute atomic E-state index is 0. The first kappa shape index (κ1) is 19.7. The van der Waals surface area contributed by atoms with Crippen LogP contribution >= 0.6 is 23.2 Å². The second-order valence-electron chi connectivity index (χ2n) is 5.99. The number of pyridine rings is 2. The Kier molecular flexibility index (Phi) is 5.78. The second kappa shape index (κ2) is 7.91. The van der Waals surface area contributed by atoms with Crippen LogP contribution in [0.4, 0.5) is 0 Å². The third-order valence-corrected chi connectivity index (χ3v) is 4.95. The van der Waals surface area contributed by atoms with Crippen LogP contribution in [0.15, 0.2) is 48.5 Å². The van der Waals surface area contributed by atoms with Gasteiger partial charge in [0.05, 0.1) is 11.0 Å². The Hall–Kier alpha value is -2.04. The zero-order valence-corrected chi connectivity index (χ0v) is 16.3. The molecule has 0 saturated heterocycles. The van der Waals surface area contributed by atoms with Crippen LogP contribution in [0.1, 0.15) is 11.4 Å². The molecule has 139 valence electrons. The Balaban J connectivity index is 0.00000210. The molecule has 0 atom stereocenters. The van der Waals surface area contributed by atoms with Gasteiger partial charge in [-0.2, -0.15) is 0 Å². The molecule has 0 aliphatic carbocycles. The Bertz CT molecular complexity index is 1060. The fourth-order valence-electron chi connectivity index (χ4n) is 2.93. The molecule has 0 unspecified atom stereocenters. The van der Waals surface area contributed by atoms with Gasteiger partial charge in [-0.25, -0.2) is 0 Å². The minimum atomic E-state index is -0.152. The molecule has 2 heterocycles. The first-order valence-corrected chi connectivity index (χ1v) is 8.79. The fraction of sp³-hybridized carbons (Fsp3) is 0.100. The van der Waals surface area contributed by atoms with Crippen LogP contribution in [-0.4, -0.2) is 9.97 Å². The summed E-state index contributed by atoms with van der Waals surface area (Å²) in [6, 6.07) is 13.3. The van der Waals surface area contributed by atoms with Gasteiger partial charge in [-0.3, -0.25) is 9.97 Å². The van der Waals surface area contributed by atoms with Gasteiger partial charge in [0.15, 0.2) is 0 Å². The molecule has 0 bridgehead atoms. The molecule has 0 amide bonds. The third kappa shape index (κ3) is 3.83. The van der Waals surface area contributed by atoms with Crippen molar-refractivity contribution in [2.75, 3.05) is 0 Å². The summed E-state index contributed by atoms with van der Waals surface area (Å²) in [5.74, 6) is -0.304. The molecule has 0 aliphatic heterocycles. The van der Waals surface area contributed by atoms with Crippen molar-refractivity contribution < 1.29 is 27.3 Å². The Morgan fingerprint density at radius 2 is 1.04 bits per heavy atom. The van der Waals surface area contributed by atoms with E-state index in [-0.39, 0.29) is 28.6 Å². The van der Waals surface area contributed by atoms with E-state index in [9.17, 15) is 10.2 Å². The van der Waals surface area contributed by atoms with Gasteiger partial charge < -0.3 is 10.2 Å². The van der Waals surface area contributed by atoms with Gasteiger partial charge in [-0.05, 0) is 49.2 Å². The maximum absolute atomic E-state index is 12.0. The monoisotopic (exact) mass is 445 g/mol. The SMILES string of the molecule is [Cu+2].[O-]c1ccc(Cl)c2ccc(CCc3ccc4c(Cl)ccc([O-])c4n3)nc12. The van der Waals surface area contributed by atoms with E-state index in [0.717, 1.165) is 11.4 Å². The largest absolute Gasteiger partial charge is 2.00 e. The molecule has 7 heteroatoms. The van der Waals surface area contributed by atoms with Gasteiger partial charge in [0.1, 0.15) is 0 Å². The molecule has 4 nitrogen and oxygen atoms in total. The van der Waals surface area contributed by atoms with Crippen molar-refractivity contribution in [3.8, 4) is 11.5 Å². The maximum Gasteiger partial charge on any atom is 2.00 e. The van der Waals surface area contributed by atoms with Crippen LogP contribution in [0.25, 0.3) is 21.8 Å². The summed E-state index contributed by atoms with van der Waals surface area (Å²) < 4.78 is 0. The van der Waals surface area contributed by atoms with Crippen LogP contribution in [0.2, 0.25) is 10.0 Å². The van der Waals surface area contributed by atoms with Crippen LogP contribution in [0, 0.1) is 0 Å². The average Bonchev–Trinajstić information content (AvgIpc) is 2.66. The molecule has 2 aromatic carbocycles. The predicted molar refractivity (Wildman–Crippen MR) is 99.8 cm³/mol. The Labute approximate surface area is 176 Å². The number of fused-ring (bicyclic) bond motifs is 2. The van der Waals surface area contributed by atoms with Gasteiger partial charge in [-0.15, -0.1) is 0 Å². The van der Waals surface area contributed by atoms with E-state index in [4.69, 9.17) is 23.2 Å². The summed E-state index contributed by atoms with van der Waals surface area (Å²) in [4.78, 5) is 8.87. The van der Waals surface area contributed by atoms with Gasteiger partial charge in [0.2, 0.25) is 0 Å². The Morgan fingerprint density at radius 1 is 0.630 bits per heavy atom. The zero-order chi connectivity index (χ0) is 18.3. The van der Waals surface area contributed by atoms with Gasteiger partial charge in [0, 0.05) is 32.2 Å². The molecule has 0 N–H and O–H groups in total. The van der Waals surface area contributed by atoms with Crippen molar-refractivity contribution in [3.05, 3.63) is 70.0 Å². The summed E-state index contributed by atoms with van der Waals surface area (Å²) in [5.41, 5.74) is 2.28. The third-order valence-electron chi connectivity index (χ3n) is 4.29. The van der Waals surface area contributed by atoms with E-state index >= 15 is 0 Å². The van der Waals surface area contributed by atoms with E-state index in [1.54, 1.807) is 12.1 Å². The van der Waals surface area contributed by atoms with Gasteiger partial charge >= 0.3 is 17.1 Å². The van der Waals surface area contributed by atoms with Crippen LogP contribution in [0.5, 0.6) is 11.5 Å². The van der Waals surface area contributed by atoms with Crippen molar-refractivity contribution in [1.82, 2.24) is 9.97 Å². The predicted octanol–water partition coefficient (Wildman–Crippen LogP) is 4.02. The number of nitrogens with zero attached hydrogens (tertiary/aromatic N) is 2. The summed E-state index contributed by atoms with van der Waals surface area (Å²) in [6.45, 7) is 0. The number of aromatic nitrogens is 2. The van der Waals surface area contributed by atoms with E-state index in [1.807, 2.05) is 24.3 Å². The molecule has 4 rings (SSSR count). The van der Waals surface area contributed by atoms with E-state index in [1.165, 1.54) is 12.1 Å². The van der Waals surface area contributed by atoms with Crippen molar-refractivity contribution in [3.63, 3.8) is 0 Å². The molecule has 4 aromatic rings. The normalized spacial score (nSPS) is 10.9. The molecule has 0 aliphatic rings. The van der Waals surface area contributed by atoms with Crippen molar-refractivity contribution >= 4 is 45.0 Å². The van der Waals surface area contributed by atoms with E-state index in [0.29, 0.717) is 44.7 Å². The second-order valence-corrected chi connectivity index (χ2v) is 6.80. The topological polar surface area (TPSA) is 71.9 Å². The number of benzene rings is 2. The number of hydrogen-bond donors (Lipinski definition) is 0. The van der Waals surface area contributed by atoms with Crippen molar-refractivity contribution in [2.24, 2.45) is 0 Å². The molecule has 0 saturated carbocycles. The molecule has 0 spiro atoms.